The molecule has 5 heterocycles. The Bertz CT molecular complexity index is 2290. The van der Waals surface area contributed by atoms with Gasteiger partial charge in [-0.15, -0.1) is 6.42 Å². The summed E-state index contributed by atoms with van der Waals surface area (Å²) in [6.07, 6.45) is -0.712. The van der Waals surface area contributed by atoms with Crippen LogP contribution in [0.1, 0.15) is 49.3 Å². The first-order valence-corrected chi connectivity index (χ1v) is 17.6. The number of nitrogens with zero attached hydrogens (tertiary/aromatic N) is 4. The molecule has 5 atom stereocenters. The highest BCUT2D eigenvalue weighted by atomic mass is 19.4. The fourth-order valence-electron chi connectivity index (χ4n) is 9.36. The number of nitrogen functional groups attached to an aromatic ring is 1. The van der Waals surface area contributed by atoms with Gasteiger partial charge in [0.05, 0.1) is 28.8 Å². The number of piperidine rings is 1. The maximum atomic E-state index is 17.6. The largest absolute Gasteiger partial charge is 0.463 e. The molecule has 0 unspecified atom stereocenters. The smallest absolute Gasteiger partial charge is 0.417 e. The van der Waals surface area contributed by atoms with Crippen molar-refractivity contribution in [1.29, 1.82) is 0 Å². The Hall–Kier alpha value is -4.68. The van der Waals surface area contributed by atoms with Crippen molar-refractivity contribution in [3.05, 3.63) is 58.9 Å². The lowest BCUT2D eigenvalue weighted by molar-refractivity contribution is -0.137. The number of rotatable bonds is 5. The SMILES string of the molecule is C#Cc1c(F)ccc2cc(N)c(F)c(-c3c(C(F)(F)F)c4c5c(nc(OC[C@]6(C)CN(C)CC[C@@H]6C(F)F)nc5c3F)N3C[C@H]5CC[C@H](N5)[C@H]3CC4=C)c12. The van der Waals surface area contributed by atoms with E-state index >= 15 is 26.3 Å². The lowest BCUT2D eigenvalue weighted by Crippen LogP contribution is -2.58. The van der Waals surface area contributed by atoms with Crippen LogP contribution < -0.4 is 20.7 Å². The minimum Gasteiger partial charge on any atom is -0.463 e. The highest BCUT2D eigenvalue weighted by molar-refractivity contribution is 6.10. The lowest BCUT2D eigenvalue weighted by Gasteiger charge is -2.44. The van der Waals surface area contributed by atoms with Gasteiger partial charge in [0, 0.05) is 64.6 Å². The zero-order valence-electron chi connectivity index (χ0n) is 29.4. The van der Waals surface area contributed by atoms with Crippen molar-refractivity contribution in [2.75, 3.05) is 43.9 Å². The van der Waals surface area contributed by atoms with Crippen LogP contribution in [0.2, 0.25) is 0 Å². The minimum absolute atomic E-state index is 0.00887. The van der Waals surface area contributed by atoms with E-state index in [2.05, 4.69) is 27.8 Å². The van der Waals surface area contributed by atoms with E-state index in [0.29, 0.717) is 19.5 Å². The summed E-state index contributed by atoms with van der Waals surface area (Å²) in [5.41, 5.74) is -1.41. The van der Waals surface area contributed by atoms with Gasteiger partial charge in [-0.05, 0) is 62.4 Å². The molecule has 0 spiro atoms. The van der Waals surface area contributed by atoms with Crippen LogP contribution in [0.15, 0.2) is 24.8 Å². The summed E-state index contributed by atoms with van der Waals surface area (Å²) < 4.78 is 131. The number of alkyl halides is 5. The van der Waals surface area contributed by atoms with Gasteiger partial charge in [0.1, 0.15) is 17.2 Å². The second-order valence-corrected chi connectivity index (χ2v) is 15.3. The van der Waals surface area contributed by atoms with E-state index in [0.717, 1.165) is 24.6 Å². The van der Waals surface area contributed by atoms with Crippen molar-refractivity contribution in [2.45, 2.75) is 63.3 Å². The third-order valence-electron chi connectivity index (χ3n) is 11.8. The zero-order chi connectivity index (χ0) is 38.6. The molecule has 4 aliphatic heterocycles. The van der Waals surface area contributed by atoms with E-state index in [4.69, 9.17) is 16.9 Å². The number of terminal acetylenes is 1. The monoisotopic (exact) mass is 756 g/mol. The molecule has 0 radical (unpaired) electrons. The molecule has 0 aliphatic carbocycles. The Morgan fingerprint density at radius 1 is 1.09 bits per heavy atom. The Balaban J connectivity index is 1.45. The molecule has 284 valence electrons. The first-order chi connectivity index (χ1) is 25.5. The molecule has 0 saturated carbocycles. The quantitative estimate of drug-likeness (QED) is 0.122. The van der Waals surface area contributed by atoms with E-state index in [-0.39, 0.29) is 60.2 Å². The number of piperazine rings is 1. The molecule has 4 aliphatic rings. The topological polar surface area (TPSA) is 79.5 Å². The number of aromatic nitrogens is 2. The fourth-order valence-corrected chi connectivity index (χ4v) is 9.36. The van der Waals surface area contributed by atoms with Gasteiger partial charge in [-0.2, -0.15) is 23.1 Å². The number of hydrogen-bond acceptors (Lipinski definition) is 7. The van der Waals surface area contributed by atoms with Crippen molar-refractivity contribution >= 4 is 38.8 Å². The molecule has 3 saturated heterocycles. The summed E-state index contributed by atoms with van der Waals surface area (Å²) in [4.78, 5) is 12.6. The van der Waals surface area contributed by atoms with Crippen LogP contribution in [-0.2, 0) is 6.18 Å². The van der Waals surface area contributed by atoms with Crippen LogP contribution in [0.5, 0.6) is 6.01 Å². The Morgan fingerprint density at radius 3 is 2.56 bits per heavy atom. The van der Waals surface area contributed by atoms with Gasteiger partial charge in [-0.3, -0.25) is 0 Å². The second kappa shape index (κ2) is 12.7. The summed E-state index contributed by atoms with van der Waals surface area (Å²) in [5.74, 6) is -3.12. The zero-order valence-corrected chi connectivity index (χ0v) is 29.4. The highest BCUT2D eigenvalue weighted by Gasteiger charge is 2.49. The number of benzene rings is 3. The van der Waals surface area contributed by atoms with Crippen LogP contribution in [0, 0.1) is 41.1 Å². The van der Waals surface area contributed by atoms with Crippen LogP contribution >= 0.6 is 0 Å². The van der Waals surface area contributed by atoms with Crippen molar-refractivity contribution in [2.24, 2.45) is 11.3 Å². The molecular formula is C39H36F8N6O. The number of fused-ring (bicyclic) bond motifs is 6. The predicted octanol–water partition coefficient (Wildman–Crippen LogP) is 7.78. The van der Waals surface area contributed by atoms with Crippen molar-refractivity contribution < 1.29 is 39.9 Å². The Morgan fingerprint density at radius 2 is 1.85 bits per heavy atom. The molecule has 54 heavy (non-hydrogen) atoms. The molecule has 1 aromatic heterocycles. The molecule has 3 aromatic carbocycles. The summed E-state index contributed by atoms with van der Waals surface area (Å²) in [5, 5.41) is 2.68. The molecule has 3 fully saturated rings. The summed E-state index contributed by atoms with van der Waals surface area (Å²) in [6, 6.07) is 2.05. The fraction of sp³-hybridized carbons (Fsp3) is 0.436. The van der Waals surface area contributed by atoms with E-state index < -0.39 is 97.8 Å². The van der Waals surface area contributed by atoms with Gasteiger partial charge in [0.15, 0.2) is 11.6 Å². The molecule has 3 N–H and O–H groups in total. The van der Waals surface area contributed by atoms with Crippen LogP contribution in [0.25, 0.3) is 38.4 Å². The van der Waals surface area contributed by atoms with Crippen LogP contribution in [-0.4, -0.2) is 72.7 Å². The third-order valence-corrected chi connectivity index (χ3v) is 11.8. The van der Waals surface area contributed by atoms with Crippen molar-refractivity contribution in [3.8, 4) is 29.5 Å². The molecule has 0 amide bonds. The van der Waals surface area contributed by atoms with Gasteiger partial charge in [0.2, 0.25) is 6.43 Å². The van der Waals surface area contributed by atoms with Crippen LogP contribution in [0.4, 0.5) is 46.6 Å². The first kappa shape index (κ1) is 36.3. The Labute approximate surface area is 305 Å². The average Bonchev–Trinajstić information content (AvgIpc) is 3.45. The number of halogens is 8. The first-order valence-electron chi connectivity index (χ1n) is 17.6. The van der Waals surface area contributed by atoms with E-state index in [1.54, 1.807) is 14.0 Å². The standard InChI is InChI=1S/C39H36F8N6O/c1-5-20-22(40)8-6-18-13-23(48)32(41)28(27(18)20)29-31(39(45,46)47)26-17(2)12-25-24-9-7-19(49-24)14-53(25)36-30(26)34(33(29)42)50-37(51-36)54-16-38(3)15-52(4)11-10-21(38)35(43)44/h1,6,8,13,19,21,24-25,35,49H,2,7,9-12,14-16,48H2,3-4H3/t19-,21-,24+,25-,38+/m1/s1. The number of ether oxygens (including phenoxy) is 1. The van der Waals surface area contributed by atoms with Crippen molar-refractivity contribution in [3.63, 3.8) is 0 Å². The van der Waals surface area contributed by atoms with Crippen LogP contribution in [0.3, 0.4) is 0 Å². The molecule has 7 nitrogen and oxygen atoms in total. The highest BCUT2D eigenvalue weighted by Crippen LogP contribution is 2.54. The molecule has 4 aromatic rings. The normalized spacial score (nSPS) is 25.7. The van der Waals surface area contributed by atoms with Gasteiger partial charge in [-0.1, -0.05) is 25.5 Å². The Kier molecular flexibility index (Phi) is 8.53. The van der Waals surface area contributed by atoms with Crippen molar-refractivity contribution in [1.82, 2.24) is 20.2 Å². The molecule has 15 heteroatoms. The average molecular weight is 757 g/mol. The predicted molar refractivity (Wildman–Crippen MR) is 190 cm³/mol. The second-order valence-electron chi connectivity index (χ2n) is 15.3. The van der Waals surface area contributed by atoms with Gasteiger partial charge in [-0.25, -0.2) is 22.0 Å². The summed E-state index contributed by atoms with van der Waals surface area (Å²) in [7, 11) is 1.79. The third kappa shape index (κ3) is 5.54. The molecule has 8 rings (SSSR count). The molecule has 2 bridgehead atoms. The number of nitrogens with two attached hydrogens (primary N) is 1. The number of likely N-dealkylation sites (tertiary alicyclic amines) is 1. The number of anilines is 2. The van der Waals surface area contributed by atoms with Gasteiger partial charge in [0.25, 0.3) is 0 Å². The number of hydrogen-bond donors (Lipinski definition) is 2. The minimum atomic E-state index is -5.34. The summed E-state index contributed by atoms with van der Waals surface area (Å²) >= 11 is 0. The molecular weight excluding hydrogens is 720 g/mol. The van der Waals surface area contributed by atoms with E-state index in [1.165, 1.54) is 0 Å². The lowest BCUT2D eigenvalue weighted by atomic mass is 9.73. The summed E-state index contributed by atoms with van der Waals surface area (Å²) in [6.45, 7) is 6.38. The maximum absolute atomic E-state index is 17.6. The van der Waals surface area contributed by atoms with E-state index in [1.807, 2.05) is 9.80 Å². The number of nitrogens with one attached hydrogen (secondary N) is 1. The van der Waals surface area contributed by atoms with Gasteiger partial charge >= 0.3 is 12.2 Å². The van der Waals surface area contributed by atoms with Gasteiger partial charge < -0.3 is 25.6 Å². The maximum Gasteiger partial charge on any atom is 0.417 e. The van der Waals surface area contributed by atoms with E-state index in [9.17, 15) is 8.78 Å².